The molecular weight excluding hydrogens is 266 g/mol. The summed E-state index contributed by atoms with van der Waals surface area (Å²) in [5.74, 6) is 0.997. The van der Waals surface area contributed by atoms with Crippen molar-refractivity contribution in [1.29, 1.82) is 0 Å². The quantitative estimate of drug-likeness (QED) is 0.897. The summed E-state index contributed by atoms with van der Waals surface area (Å²) in [6, 6.07) is 2.67. The highest BCUT2D eigenvalue weighted by molar-refractivity contribution is 9.10. The Morgan fingerprint density at radius 1 is 1.38 bits per heavy atom. The fourth-order valence-electron chi connectivity index (χ4n) is 2.51. The summed E-state index contributed by atoms with van der Waals surface area (Å²) in [4.78, 5) is 0. The van der Waals surface area contributed by atoms with Crippen LogP contribution < -0.4 is 10.1 Å². The minimum atomic E-state index is 0.451. The summed E-state index contributed by atoms with van der Waals surface area (Å²) in [5.41, 5.74) is 3.87. The van der Waals surface area contributed by atoms with Gasteiger partial charge in [0.2, 0.25) is 0 Å². The molecule has 1 N–H and O–H groups in total. The van der Waals surface area contributed by atoms with Crippen molar-refractivity contribution in [2.75, 3.05) is 13.7 Å². The van der Waals surface area contributed by atoms with E-state index in [0.717, 1.165) is 16.8 Å². The Morgan fingerprint density at radius 2 is 2.12 bits per heavy atom. The van der Waals surface area contributed by atoms with Crippen molar-refractivity contribution in [2.45, 2.75) is 32.7 Å². The van der Waals surface area contributed by atoms with E-state index in [9.17, 15) is 0 Å². The lowest BCUT2D eigenvalue weighted by molar-refractivity contribution is 0.399. The number of benzene rings is 1. The summed E-state index contributed by atoms with van der Waals surface area (Å²) in [5, 5.41) is 3.53. The molecule has 16 heavy (non-hydrogen) atoms. The van der Waals surface area contributed by atoms with Crippen molar-refractivity contribution in [3.8, 4) is 5.75 Å². The first-order chi connectivity index (χ1) is 7.65. The minimum absolute atomic E-state index is 0.451. The molecule has 0 radical (unpaired) electrons. The lowest BCUT2D eigenvalue weighted by Gasteiger charge is -2.20. The largest absolute Gasteiger partial charge is 0.495 e. The predicted octanol–water partition coefficient (Wildman–Crippen LogP) is 3.50. The molecular formula is C13H18BrNO. The van der Waals surface area contributed by atoms with Gasteiger partial charge in [0, 0.05) is 11.6 Å². The molecule has 88 valence electrons. The maximum absolute atomic E-state index is 5.56. The molecule has 1 aromatic carbocycles. The number of halogens is 1. The van der Waals surface area contributed by atoms with Crippen LogP contribution in [0.5, 0.6) is 5.75 Å². The van der Waals surface area contributed by atoms with Gasteiger partial charge in [0.05, 0.1) is 11.6 Å². The fraction of sp³-hybridized carbons (Fsp3) is 0.538. The van der Waals surface area contributed by atoms with Crippen molar-refractivity contribution in [3.63, 3.8) is 0 Å². The van der Waals surface area contributed by atoms with Crippen LogP contribution in [0.2, 0.25) is 0 Å². The number of hydrogen-bond acceptors (Lipinski definition) is 2. The van der Waals surface area contributed by atoms with Crippen LogP contribution in [0.4, 0.5) is 0 Å². The van der Waals surface area contributed by atoms with E-state index in [0.29, 0.717) is 6.04 Å². The normalized spacial score (nSPS) is 20.1. The molecule has 0 aromatic heterocycles. The Morgan fingerprint density at radius 3 is 2.69 bits per heavy atom. The van der Waals surface area contributed by atoms with E-state index in [1.54, 1.807) is 7.11 Å². The Bertz CT molecular complexity index is 397. The number of methoxy groups -OCH3 is 1. The first kappa shape index (κ1) is 11.9. The van der Waals surface area contributed by atoms with Gasteiger partial charge in [-0.2, -0.15) is 0 Å². The zero-order chi connectivity index (χ0) is 11.7. The van der Waals surface area contributed by atoms with E-state index in [1.807, 2.05) is 0 Å². The average Bonchev–Trinajstić information content (AvgIpc) is 2.76. The molecule has 0 amide bonds. The van der Waals surface area contributed by atoms with Crippen LogP contribution in [0.15, 0.2) is 10.5 Å². The van der Waals surface area contributed by atoms with Crippen molar-refractivity contribution in [3.05, 3.63) is 27.2 Å². The third kappa shape index (κ3) is 1.98. The van der Waals surface area contributed by atoms with E-state index in [2.05, 4.69) is 41.2 Å². The Balaban J connectivity index is 2.53. The summed E-state index contributed by atoms with van der Waals surface area (Å²) in [6.45, 7) is 5.38. The molecule has 1 aliphatic rings. The maximum Gasteiger partial charge on any atom is 0.138 e. The van der Waals surface area contributed by atoms with Crippen LogP contribution in [-0.2, 0) is 0 Å². The molecule has 1 aromatic rings. The van der Waals surface area contributed by atoms with Crippen molar-refractivity contribution < 1.29 is 4.74 Å². The monoisotopic (exact) mass is 283 g/mol. The van der Waals surface area contributed by atoms with Crippen LogP contribution in [0.3, 0.4) is 0 Å². The van der Waals surface area contributed by atoms with Crippen LogP contribution in [0.1, 0.15) is 35.6 Å². The highest BCUT2D eigenvalue weighted by Crippen LogP contribution is 2.40. The molecule has 2 rings (SSSR count). The highest BCUT2D eigenvalue weighted by Gasteiger charge is 2.24. The number of aryl methyl sites for hydroxylation is 2. The second kappa shape index (κ2) is 4.76. The third-order valence-corrected chi connectivity index (χ3v) is 4.25. The average molecular weight is 284 g/mol. The summed E-state index contributed by atoms with van der Waals surface area (Å²) < 4.78 is 6.65. The van der Waals surface area contributed by atoms with Crippen LogP contribution in [-0.4, -0.2) is 13.7 Å². The van der Waals surface area contributed by atoms with Gasteiger partial charge in [-0.3, -0.25) is 0 Å². The lowest BCUT2D eigenvalue weighted by Crippen LogP contribution is -2.15. The highest BCUT2D eigenvalue weighted by atomic mass is 79.9. The third-order valence-electron chi connectivity index (χ3n) is 3.26. The van der Waals surface area contributed by atoms with Crippen LogP contribution >= 0.6 is 15.9 Å². The van der Waals surface area contributed by atoms with E-state index in [-0.39, 0.29) is 0 Å². The first-order valence-corrected chi connectivity index (χ1v) is 6.51. The van der Waals surface area contributed by atoms with Gasteiger partial charge in [-0.25, -0.2) is 0 Å². The molecule has 1 atom stereocenters. The summed E-state index contributed by atoms with van der Waals surface area (Å²) >= 11 is 3.62. The number of ether oxygens (including phenoxy) is 1. The van der Waals surface area contributed by atoms with E-state index in [4.69, 9.17) is 4.74 Å². The topological polar surface area (TPSA) is 21.3 Å². The van der Waals surface area contributed by atoms with Gasteiger partial charge < -0.3 is 10.1 Å². The van der Waals surface area contributed by atoms with Gasteiger partial charge >= 0.3 is 0 Å². The molecule has 0 saturated carbocycles. The predicted molar refractivity (Wildman–Crippen MR) is 70.1 cm³/mol. The Hall–Kier alpha value is -0.540. The maximum atomic E-state index is 5.56. The van der Waals surface area contributed by atoms with Gasteiger partial charge in [-0.05, 0) is 60.3 Å². The molecule has 1 unspecified atom stereocenters. The minimum Gasteiger partial charge on any atom is -0.495 e. The zero-order valence-corrected chi connectivity index (χ0v) is 11.6. The van der Waals surface area contributed by atoms with Gasteiger partial charge in [0.1, 0.15) is 5.75 Å². The van der Waals surface area contributed by atoms with Crippen molar-refractivity contribution >= 4 is 15.9 Å². The van der Waals surface area contributed by atoms with Gasteiger partial charge in [0.15, 0.2) is 0 Å². The van der Waals surface area contributed by atoms with Gasteiger partial charge in [0.25, 0.3) is 0 Å². The molecule has 2 nitrogen and oxygen atoms in total. The summed E-state index contributed by atoms with van der Waals surface area (Å²) in [7, 11) is 1.75. The second-order valence-corrected chi connectivity index (χ2v) is 5.21. The van der Waals surface area contributed by atoms with Crippen molar-refractivity contribution in [1.82, 2.24) is 5.32 Å². The Labute approximate surface area is 106 Å². The zero-order valence-electron chi connectivity index (χ0n) is 10.1. The lowest BCUT2D eigenvalue weighted by atomic mass is 9.97. The molecule has 1 saturated heterocycles. The SMILES string of the molecule is COc1c(Br)c(C)cc(C)c1C1CCCN1. The molecule has 0 spiro atoms. The number of rotatable bonds is 2. The van der Waals surface area contributed by atoms with Crippen LogP contribution in [0.25, 0.3) is 0 Å². The molecule has 3 heteroatoms. The molecule has 0 aliphatic carbocycles. The van der Waals surface area contributed by atoms with Gasteiger partial charge in [-0.1, -0.05) is 6.07 Å². The standard InChI is InChI=1S/C13H18BrNO/c1-8-7-9(2)12(14)13(16-3)11(8)10-5-4-6-15-10/h7,10,15H,4-6H2,1-3H3. The molecule has 1 fully saturated rings. The van der Waals surface area contributed by atoms with Crippen LogP contribution in [0, 0.1) is 13.8 Å². The van der Waals surface area contributed by atoms with Crippen molar-refractivity contribution in [2.24, 2.45) is 0 Å². The fourth-order valence-corrected chi connectivity index (χ4v) is 3.00. The second-order valence-electron chi connectivity index (χ2n) is 4.42. The number of nitrogens with one attached hydrogen (secondary N) is 1. The molecule has 1 aliphatic heterocycles. The molecule has 0 bridgehead atoms. The van der Waals surface area contributed by atoms with Gasteiger partial charge in [-0.15, -0.1) is 0 Å². The van der Waals surface area contributed by atoms with E-state index >= 15 is 0 Å². The smallest absolute Gasteiger partial charge is 0.138 e. The number of hydrogen-bond donors (Lipinski definition) is 1. The summed E-state index contributed by atoms with van der Waals surface area (Å²) in [6.07, 6.45) is 2.45. The first-order valence-electron chi connectivity index (χ1n) is 5.72. The van der Waals surface area contributed by atoms with E-state index in [1.165, 1.54) is 29.5 Å². The van der Waals surface area contributed by atoms with E-state index < -0.39 is 0 Å². The molecule has 1 heterocycles. The Kier molecular flexibility index (Phi) is 3.55.